The van der Waals surface area contributed by atoms with Crippen LogP contribution in [-0.4, -0.2) is 29.8 Å². The smallest absolute Gasteiger partial charge is 0.118 e. The van der Waals surface area contributed by atoms with Crippen molar-refractivity contribution in [2.45, 2.75) is 25.0 Å². The number of nitrogens with zero attached hydrogens (tertiary/aromatic N) is 1. The van der Waals surface area contributed by atoms with E-state index < -0.39 is 0 Å². The molecule has 3 heteroatoms. The fourth-order valence-electron chi connectivity index (χ4n) is 4.16. The molecule has 3 nitrogen and oxygen atoms in total. The highest BCUT2D eigenvalue weighted by Gasteiger charge is 2.35. The van der Waals surface area contributed by atoms with Crippen LogP contribution in [0.2, 0.25) is 0 Å². The minimum Gasteiger partial charge on any atom is -0.497 e. The van der Waals surface area contributed by atoms with Gasteiger partial charge in [0, 0.05) is 25.0 Å². The Kier molecular flexibility index (Phi) is 5.23. The molecule has 0 aromatic heterocycles. The van der Waals surface area contributed by atoms with Crippen LogP contribution in [0.4, 0.5) is 0 Å². The Hall–Kier alpha value is -2.62. The van der Waals surface area contributed by atoms with Gasteiger partial charge in [0.1, 0.15) is 5.75 Å². The van der Waals surface area contributed by atoms with Crippen molar-refractivity contribution in [1.82, 2.24) is 4.90 Å². The van der Waals surface area contributed by atoms with Crippen molar-refractivity contribution in [3.8, 4) is 5.75 Å². The number of hydrogen-bond donors (Lipinski definition) is 1. The molecule has 0 spiro atoms. The third-order valence-electron chi connectivity index (χ3n) is 5.51. The molecule has 1 aliphatic rings. The first-order chi connectivity index (χ1) is 13.3. The maximum Gasteiger partial charge on any atom is 0.118 e. The average molecular weight is 359 g/mol. The summed E-state index contributed by atoms with van der Waals surface area (Å²) in [6, 6.07) is 27.4. The first kappa shape index (κ1) is 17.8. The van der Waals surface area contributed by atoms with Gasteiger partial charge in [0.25, 0.3) is 0 Å². The van der Waals surface area contributed by atoms with Crippen LogP contribution in [0.25, 0.3) is 0 Å². The number of methoxy groups -OCH3 is 1. The summed E-state index contributed by atoms with van der Waals surface area (Å²) in [6.45, 7) is 1.80. The normalized spacial score (nSPS) is 19.5. The van der Waals surface area contributed by atoms with Gasteiger partial charge in [-0.3, -0.25) is 4.90 Å². The summed E-state index contributed by atoms with van der Waals surface area (Å²) in [7, 11) is 1.68. The van der Waals surface area contributed by atoms with Crippen molar-refractivity contribution in [1.29, 1.82) is 0 Å². The van der Waals surface area contributed by atoms with E-state index in [1.807, 2.05) is 18.2 Å². The van der Waals surface area contributed by atoms with E-state index in [9.17, 15) is 5.11 Å². The second-order valence-corrected chi connectivity index (χ2v) is 7.09. The molecule has 0 unspecified atom stereocenters. The van der Waals surface area contributed by atoms with Crippen molar-refractivity contribution < 1.29 is 9.84 Å². The number of ether oxygens (including phenoxy) is 1. The second-order valence-electron chi connectivity index (χ2n) is 7.09. The lowest BCUT2D eigenvalue weighted by atomic mass is 9.79. The maximum atomic E-state index is 10.3. The predicted molar refractivity (Wildman–Crippen MR) is 108 cm³/mol. The molecule has 0 saturated carbocycles. The lowest BCUT2D eigenvalue weighted by Gasteiger charge is -2.42. The first-order valence-electron chi connectivity index (χ1n) is 9.40. The zero-order valence-corrected chi connectivity index (χ0v) is 15.6. The Morgan fingerprint density at radius 1 is 0.926 bits per heavy atom. The fraction of sp³-hybridized carbons (Fsp3) is 0.250. The molecule has 0 bridgehead atoms. The number of benzene rings is 3. The van der Waals surface area contributed by atoms with Crippen LogP contribution in [0.5, 0.6) is 5.75 Å². The molecule has 0 radical (unpaired) electrons. The van der Waals surface area contributed by atoms with E-state index in [4.69, 9.17) is 4.74 Å². The Morgan fingerprint density at radius 3 is 2.33 bits per heavy atom. The highest BCUT2D eigenvalue weighted by molar-refractivity contribution is 5.43. The molecule has 0 fully saturated rings. The summed E-state index contributed by atoms with van der Waals surface area (Å²) >= 11 is 0. The summed E-state index contributed by atoms with van der Waals surface area (Å²) in [4.78, 5) is 2.40. The van der Waals surface area contributed by atoms with Crippen LogP contribution in [-0.2, 0) is 13.1 Å². The standard InChI is InChI=1S/C24H25NO2/c1-27-21-13-11-19(12-14-21)24-22-10-6-5-9-20(22)16-25(23(24)17-26)15-18-7-3-2-4-8-18/h2-14,23-24,26H,15-17H2,1H3/t23-,24+/m0/s1. The molecule has 3 aromatic carbocycles. The molecule has 1 aliphatic heterocycles. The molecular weight excluding hydrogens is 334 g/mol. The maximum absolute atomic E-state index is 10.3. The molecule has 1 heterocycles. The molecule has 27 heavy (non-hydrogen) atoms. The van der Waals surface area contributed by atoms with E-state index in [1.165, 1.54) is 22.3 Å². The predicted octanol–water partition coefficient (Wildman–Crippen LogP) is 4.20. The first-order valence-corrected chi connectivity index (χ1v) is 9.40. The van der Waals surface area contributed by atoms with Gasteiger partial charge in [-0.1, -0.05) is 66.7 Å². The number of rotatable bonds is 5. The van der Waals surface area contributed by atoms with Crippen LogP contribution in [0, 0.1) is 0 Å². The monoisotopic (exact) mass is 359 g/mol. The highest BCUT2D eigenvalue weighted by atomic mass is 16.5. The van der Waals surface area contributed by atoms with E-state index in [0.717, 1.165) is 18.8 Å². The van der Waals surface area contributed by atoms with Crippen molar-refractivity contribution >= 4 is 0 Å². The highest BCUT2D eigenvalue weighted by Crippen LogP contribution is 2.39. The molecule has 4 rings (SSSR count). The van der Waals surface area contributed by atoms with Crippen LogP contribution in [0.1, 0.15) is 28.2 Å². The summed E-state index contributed by atoms with van der Waals surface area (Å²) in [6.07, 6.45) is 0. The minimum absolute atomic E-state index is 0.0356. The molecule has 0 amide bonds. The zero-order valence-electron chi connectivity index (χ0n) is 15.6. The lowest BCUT2D eigenvalue weighted by molar-refractivity contribution is 0.0873. The van der Waals surface area contributed by atoms with Gasteiger partial charge in [0.15, 0.2) is 0 Å². The van der Waals surface area contributed by atoms with Gasteiger partial charge in [-0.2, -0.15) is 0 Å². The van der Waals surface area contributed by atoms with Crippen molar-refractivity contribution in [3.05, 3.63) is 101 Å². The van der Waals surface area contributed by atoms with E-state index in [2.05, 4.69) is 65.6 Å². The van der Waals surface area contributed by atoms with Crippen LogP contribution >= 0.6 is 0 Å². The van der Waals surface area contributed by atoms with E-state index in [1.54, 1.807) is 7.11 Å². The lowest BCUT2D eigenvalue weighted by Crippen LogP contribution is -2.45. The summed E-state index contributed by atoms with van der Waals surface area (Å²) in [5.74, 6) is 0.985. The van der Waals surface area contributed by atoms with Gasteiger partial charge in [-0.25, -0.2) is 0 Å². The molecule has 0 aliphatic carbocycles. The van der Waals surface area contributed by atoms with E-state index in [-0.39, 0.29) is 18.6 Å². The molecule has 3 aromatic rings. The zero-order chi connectivity index (χ0) is 18.6. The molecule has 0 saturated heterocycles. The molecule has 138 valence electrons. The van der Waals surface area contributed by atoms with Gasteiger partial charge < -0.3 is 9.84 Å². The molecular formula is C24H25NO2. The average Bonchev–Trinajstić information content (AvgIpc) is 2.73. The third kappa shape index (κ3) is 3.61. The summed E-state index contributed by atoms with van der Waals surface area (Å²) in [5.41, 5.74) is 5.12. The summed E-state index contributed by atoms with van der Waals surface area (Å²) in [5, 5.41) is 10.3. The van der Waals surface area contributed by atoms with Gasteiger partial charge in [-0.15, -0.1) is 0 Å². The second kappa shape index (κ2) is 7.95. The molecule has 2 atom stereocenters. The number of aliphatic hydroxyl groups is 1. The number of fused-ring (bicyclic) bond motifs is 1. The van der Waals surface area contributed by atoms with Crippen LogP contribution < -0.4 is 4.74 Å². The van der Waals surface area contributed by atoms with Gasteiger partial charge in [-0.05, 0) is 34.4 Å². The van der Waals surface area contributed by atoms with Gasteiger partial charge >= 0.3 is 0 Å². The van der Waals surface area contributed by atoms with Gasteiger partial charge in [0.05, 0.1) is 13.7 Å². The third-order valence-corrected chi connectivity index (χ3v) is 5.51. The van der Waals surface area contributed by atoms with Crippen LogP contribution in [0.3, 0.4) is 0 Å². The fourth-order valence-corrected chi connectivity index (χ4v) is 4.16. The topological polar surface area (TPSA) is 32.7 Å². The largest absolute Gasteiger partial charge is 0.497 e. The number of hydrogen-bond acceptors (Lipinski definition) is 3. The van der Waals surface area contributed by atoms with E-state index in [0.29, 0.717) is 0 Å². The minimum atomic E-state index is 0.0356. The Bertz CT molecular complexity index is 876. The molecule has 1 N–H and O–H groups in total. The SMILES string of the molecule is COc1ccc([C@@H]2c3ccccc3CN(Cc3ccccc3)[C@H]2CO)cc1. The van der Waals surface area contributed by atoms with Crippen molar-refractivity contribution in [2.24, 2.45) is 0 Å². The number of aliphatic hydroxyl groups excluding tert-OH is 1. The quantitative estimate of drug-likeness (QED) is 0.741. The summed E-state index contributed by atoms with van der Waals surface area (Å²) < 4.78 is 5.32. The Labute approximate surface area is 160 Å². The Balaban J connectivity index is 1.74. The van der Waals surface area contributed by atoms with Crippen LogP contribution in [0.15, 0.2) is 78.9 Å². The van der Waals surface area contributed by atoms with E-state index >= 15 is 0 Å². The van der Waals surface area contributed by atoms with Crippen molar-refractivity contribution in [3.63, 3.8) is 0 Å². The van der Waals surface area contributed by atoms with Crippen molar-refractivity contribution in [2.75, 3.05) is 13.7 Å². The Morgan fingerprint density at radius 2 is 1.63 bits per heavy atom. The van der Waals surface area contributed by atoms with Gasteiger partial charge in [0.2, 0.25) is 0 Å².